The summed E-state index contributed by atoms with van der Waals surface area (Å²) >= 11 is 6.01. The van der Waals surface area contributed by atoms with Crippen LogP contribution in [0.3, 0.4) is 0 Å². The van der Waals surface area contributed by atoms with Gasteiger partial charge in [0.1, 0.15) is 5.82 Å². The van der Waals surface area contributed by atoms with E-state index in [1.165, 1.54) is 25.3 Å². The maximum absolute atomic E-state index is 14.1. The second kappa shape index (κ2) is 6.61. The second-order valence-corrected chi connectivity index (χ2v) is 6.74. The average Bonchev–Trinajstić information content (AvgIpc) is 2.38. The number of benzene rings is 1. The van der Waals surface area contributed by atoms with Crippen LogP contribution < -0.4 is 5.73 Å². The first-order valence-electron chi connectivity index (χ1n) is 7.42. The molecule has 21 heavy (non-hydrogen) atoms. The van der Waals surface area contributed by atoms with Crippen molar-refractivity contribution in [1.82, 2.24) is 9.80 Å². The van der Waals surface area contributed by atoms with Crippen molar-refractivity contribution < 1.29 is 4.39 Å². The lowest BCUT2D eigenvalue weighted by molar-refractivity contribution is 0.0164. The molecule has 0 amide bonds. The molecule has 0 aliphatic heterocycles. The molecule has 1 aliphatic rings. The van der Waals surface area contributed by atoms with Crippen LogP contribution in [0.5, 0.6) is 0 Å². The number of hydrogen-bond donors (Lipinski definition) is 1. The minimum Gasteiger partial charge on any atom is -0.329 e. The van der Waals surface area contributed by atoms with E-state index in [1.54, 1.807) is 12.1 Å². The van der Waals surface area contributed by atoms with Crippen LogP contribution in [0.1, 0.15) is 30.9 Å². The third kappa shape index (κ3) is 3.39. The maximum Gasteiger partial charge on any atom is 0.128 e. The van der Waals surface area contributed by atoms with Gasteiger partial charge in [-0.05, 0) is 58.6 Å². The highest BCUT2D eigenvalue weighted by atomic mass is 35.5. The molecule has 2 N–H and O–H groups in total. The van der Waals surface area contributed by atoms with E-state index in [0.717, 1.165) is 6.54 Å². The highest BCUT2D eigenvalue weighted by molar-refractivity contribution is 6.30. The number of halogens is 2. The Labute approximate surface area is 131 Å². The van der Waals surface area contributed by atoms with Crippen molar-refractivity contribution in [2.24, 2.45) is 5.73 Å². The second-order valence-electron chi connectivity index (χ2n) is 6.30. The van der Waals surface area contributed by atoms with Gasteiger partial charge in [-0.15, -0.1) is 0 Å². The molecule has 5 heteroatoms. The third-order valence-electron chi connectivity index (χ3n) is 4.85. The summed E-state index contributed by atoms with van der Waals surface area (Å²) in [6.45, 7) is 1.26. The Morgan fingerprint density at radius 2 is 2.00 bits per heavy atom. The van der Waals surface area contributed by atoms with Crippen molar-refractivity contribution in [2.45, 2.75) is 30.8 Å². The smallest absolute Gasteiger partial charge is 0.128 e. The van der Waals surface area contributed by atoms with Crippen LogP contribution in [-0.2, 0) is 0 Å². The minimum absolute atomic E-state index is 0.152. The Bertz CT molecular complexity index is 488. The van der Waals surface area contributed by atoms with Crippen LogP contribution in [0.4, 0.5) is 4.39 Å². The standard InChI is InChI=1S/C16H25ClFN3/c1-20(2)16(7-4-8-16)11-21(3)15(10-19)13-9-12(17)5-6-14(13)18/h5-6,9,15H,4,7-8,10-11,19H2,1-3H3. The predicted octanol–water partition coefficient (Wildman–Crippen LogP) is 2.90. The summed E-state index contributed by atoms with van der Waals surface area (Å²) < 4.78 is 14.1. The summed E-state index contributed by atoms with van der Waals surface area (Å²) in [6, 6.07) is 4.52. The van der Waals surface area contributed by atoms with Gasteiger partial charge in [0, 0.05) is 35.3 Å². The molecule has 1 saturated carbocycles. The van der Waals surface area contributed by atoms with Crippen molar-refractivity contribution in [1.29, 1.82) is 0 Å². The number of likely N-dealkylation sites (N-methyl/N-ethyl adjacent to an activating group) is 2. The van der Waals surface area contributed by atoms with E-state index >= 15 is 0 Å². The van der Waals surface area contributed by atoms with E-state index in [0.29, 0.717) is 17.1 Å². The molecule has 0 aromatic heterocycles. The van der Waals surface area contributed by atoms with E-state index in [9.17, 15) is 4.39 Å². The van der Waals surface area contributed by atoms with Gasteiger partial charge in [0.25, 0.3) is 0 Å². The highest BCUT2D eigenvalue weighted by Gasteiger charge is 2.41. The van der Waals surface area contributed by atoms with Crippen molar-refractivity contribution in [3.8, 4) is 0 Å². The SMILES string of the molecule is CN(CC1(N(C)C)CCC1)C(CN)c1cc(Cl)ccc1F. The Morgan fingerprint density at radius 1 is 1.33 bits per heavy atom. The zero-order valence-electron chi connectivity index (χ0n) is 13.1. The molecule has 0 heterocycles. The van der Waals surface area contributed by atoms with Crippen LogP contribution >= 0.6 is 11.6 Å². The summed E-state index contributed by atoms with van der Waals surface area (Å²) in [4.78, 5) is 4.45. The quantitative estimate of drug-likeness (QED) is 0.876. The monoisotopic (exact) mass is 313 g/mol. The predicted molar refractivity (Wildman–Crippen MR) is 86.1 cm³/mol. The molecule has 0 saturated heterocycles. The minimum atomic E-state index is -0.241. The van der Waals surface area contributed by atoms with Crippen LogP contribution in [0.25, 0.3) is 0 Å². The zero-order chi connectivity index (χ0) is 15.6. The average molecular weight is 314 g/mol. The molecule has 2 rings (SSSR count). The number of rotatable bonds is 6. The number of nitrogens with zero attached hydrogens (tertiary/aromatic N) is 2. The largest absolute Gasteiger partial charge is 0.329 e. The van der Waals surface area contributed by atoms with Crippen molar-refractivity contribution in [3.63, 3.8) is 0 Å². The Hall–Kier alpha value is -0.680. The van der Waals surface area contributed by atoms with Gasteiger partial charge >= 0.3 is 0 Å². The normalized spacial score (nSPS) is 18.9. The third-order valence-corrected chi connectivity index (χ3v) is 5.08. The van der Waals surface area contributed by atoms with Crippen LogP contribution in [-0.4, -0.2) is 49.6 Å². The molecule has 1 aromatic carbocycles. The molecular formula is C16H25ClFN3. The van der Waals surface area contributed by atoms with Gasteiger partial charge in [-0.25, -0.2) is 4.39 Å². The summed E-state index contributed by atoms with van der Waals surface area (Å²) in [5, 5.41) is 0.546. The Kier molecular flexibility index (Phi) is 5.25. The van der Waals surface area contributed by atoms with Gasteiger partial charge in [0.15, 0.2) is 0 Å². The van der Waals surface area contributed by atoms with Gasteiger partial charge in [-0.2, -0.15) is 0 Å². The number of nitrogens with two attached hydrogens (primary N) is 1. The van der Waals surface area contributed by atoms with E-state index in [4.69, 9.17) is 17.3 Å². The Morgan fingerprint density at radius 3 is 2.48 bits per heavy atom. The lowest BCUT2D eigenvalue weighted by atomic mass is 9.75. The molecule has 1 atom stereocenters. The van der Waals surface area contributed by atoms with Gasteiger partial charge in [0.05, 0.1) is 0 Å². The molecule has 1 fully saturated rings. The van der Waals surface area contributed by atoms with Crippen molar-refractivity contribution in [2.75, 3.05) is 34.2 Å². The molecule has 0 bridgehead atoms. The first kappa shape index (κ1) is 16.7. The van der Waals surface area contributed by atoms with Gasteiger partial charge < -0.3 is 10.6 Å². The van der Waals surface area contributed by atoms with Crippen LogP contribution in [0, 0.1) is 5.82 Å². The fraction of sp³-hybridized carbons (Fsp3) is 0.625. The van der Waals surface area contributed by atoms with E-state index in [2.05, 4.69) is 23.9 Å². The molecule has 1 unspecified atom stereocenters. The molecule has 1 aromatic rings. The van der Waals surface area contributed by atoms with Gasteiger partial charge in [-0.3, -0.25) is 4.90 Å². The zero-order valence-corrected chi connectivity index (χ0v) is 13.8. The van der Waals surface area contributed by atoms with Gasteiger partial charge in [-0.1, -0.05) is 11.6 Å². The van der Waals surface area contributed by atoms with Crippen molar-refractivity contribution >= 4 is 11.6 Å². The van der Waals surface area contributed by atoms with E-state index < -0.39 is 0 Å². The number of hydrogen-bond acceptors (Lipinski definition) is 3. The van der Waals surface area contributed by atoms with Crippen LogP contribution in [0.15, 0.2) is 18.2 Å². The fourth-order valence-electron chi connectivity index (χ4n) is 3.22. The molecular weight excluding hydrogens is 289 g/mol. The van der Waals surface area contributed by atoms with Crippen LogP contribution in [0.2, 0.25) is 5.02 Å². The molecule has 3 nitrogen and oxygen atoms in total. The van der Waals surface area contributed by atoms with E-state index in [1.807, 2.05) is 7.05 Å². The molecule has 0 spiro atoms. The van der Waals surface area contributed by atoms with Gasteiger partial charge in [0.2, 0.25) is 0 Å². The lowest BCUT2D eigenvalue weighted by Crippen LogP contribution is -2.57. The van der Waals surface area contributed by atoms with E-state index in [-0.39, 0.29) is 17.4 Å². The maximum atomic E-state index is 14.1. The summed E-state index contributed by atoms with van der Waals surface area (Å²) in [7, 11) is 6.25. The lowest BCUT2D eigenvalue weighted by Gasteiger charge is -2.50. The molecule has 1 aliphatic carbocycles. The summed E-state index contributed by atoms with van der Waals surface area (Å²) in [5.41, 5.74) is 6.69. The Balaban J connectivity index is 2.19. The first-order chi connectivity index (χ1) is 9.89. The molecule has 0 radical (unpaired) electrons. The fourth-order valence-corrected chi connectivity index (χ4v) is 3.40. The summed E-state index contributed by atoms with van der Waals surface area (Å²) in [5.74, 6) is -0.241. The highest BCUT2D eigenvalue weighted by Crippen LogP contribution is 2.38. The topological polar surface area (TPSA) is 32.5 Å². The molecule has 118 valence electrons. The van der Waals surface area contributed by atoms with Crippen molar-refractivity contribution in [3.05, 3.63) is 34.6 Å². The summed E-state index contributed by atoms with van der Waals surface area (Å²) in [6.07, 6.45) is 3.62. The first-order valence-corrected chi connectivity index (χ1v) is 7.80.